The predicted molar refractivity (Wildman–Crippen MR) is 71.3 cm³/mol. The maximum absolute atomic E-state index is 12.0. The first-order valence-corrected chi connectivity index (χ1v) is 6.92. The van der Waals surface area contributed by atoms with E-state index >= 15 is 0 Å². The average molecular weight is 282 g/mol. The Bertz CT molecular complexity index is 501. The van der Waals surface area contributed by atoms with Gasteiger partial charge in [-0.3, -0.25) is 4.79 Å². The van der Waals surface area contributed by atoms with E-state index in [9.17, 15) is 9.90 Å². The molecule has 19 heavy (non-hydrogen) atoms. The number of halogens is 1. The summed E-state index contributed by atoms with van der Waals surface area (Å²) in [4.78, 5) is 12.0. The van der Waals surface area contributed by atoms with Crippen molar-refractivity contribution in [1.29, 1.82) is 0 Å². The van der Waals surface area contributed by atoms with Gasteiger partial charge in [0.2, 0.25) is 0 Å². The van der Waals surface area contributed by atoms with Crippen LogP contribution in [0.1, 0.15) is 18.4 Å². The Morgan fingerprint density at radius 1 is 1.53 bits per heavy atom. The highest BCUT2D eigenvalue weighted by molar-refractivity contribution is 6.30. The summed E-state index contributed by atoms with van der Waals surface area (Å²) in [5, 5.41) is 13.1. The minimum Gasteiger partial charge on any atom is -0.480 e. The molecule has 1 aromatic carbocycles. The Morgan fingerprint density at radius 2 is 2.32 bits per heavy atom. The maximum Gasteiger partial charge on any atom is 0.261 e. The van der Waals surface area contributed by atoms with E-state index in [0.717, 1.165) is 18.4 Å². The first-order chi connectivity index (χ1) is 9.13. The lowest BCUT2D eigenvalue weighted by Crippen LogP contribution is -2.41. The zero-order valence-electron chi connectivity index (χ0n) is 10.4. The first-order valence-electron chi connectivity index (χ1n) is 6.54. The molecule has 0 radical (unpaired) electrons. The number of aliphatic hydroxyl groups excluding tert-OH is 1. The van der Waals surface area contributed by atoms with Crippen molar-refractivity contribution in [3.05, 3.63) is 28.8 Å². The second-order valence-electron chi connectivity index (χ2n) is 5.21. The van der Waals surface area contributed by atoms with Gasteiger partial charge in [-0.1, -0.05) is 11.6 Å². The maximum atomic E-state index is 12.0. The lowest BCUT2D eigenvalue weighted by atomic mass is 10.1. The number of fused-ring (bicyclic) bond motifs is 1. The summed E-state index contributed by atoms with van der Waals surface area (Å²) in [6, 6.07) is 5.35. The summed E-state index contributed by atoms with van der Waals surface area (Å²) in [6.07, 6.45) is 1.70. The van der Waals surface area contributed by atoms with Crippen LogP contribution in [0.15, 0.2) is 18.2 Å². The summed E-state index contributed by atoms with van der Waals surface area (Å²) >= 11 is 5.91. The van der Waals surface area contributed by atoms with Crippen molar-refractivity contribution in [3.63, 3.8) is 0 Å². The van der Waals surface area contributed by atoms with E-state index in [1.54, 1.807) is 12.1 Å². The van der Waals surface area contributed by atoms with Crippen molar-refractivity contribution >= 4 is 17.5 Å². The van der Waals surface area contributed by atoms with E-state index in [4.69, 9.17) is 16.3 Å². The van der Waals surface area contributed by atoms with Gasteiger partial charge in [-0.25, -0.2) is 0 Å². The standard InChI is InChI=1S/C14H16ClNO3/c15-10-3-4-12-9(5-10)6-13(19-12)14(18)16-7-11(17)8-1-2-8/h3-5,8,11,13,17H,1-2,6-7H2,(H,16,18). The highest BCUT2D eigenvalue weighted by Crippen LogP contribution is 2.33. The largest absolute Gasteiger partial charge is 0.480 e. The number of carbonyl (C=O) groups is 1. The Morgan fingerprint density at radius 3 is 3.05 bits per heavy atom. The molecule has 1 saturated carbocycles. The van der Waals surface area contributed by atoms with Crippen LogP contribution in [-0.2, 0) is 11.2 Å². The fourth-order valence-electron chi connectivity index (χ4n) is 2.33. The topological polar surface area (TPSA) is 58.6 Å². The van der Waals surface area contributed by atoms with Crippen LogP contribution in [0.2, 0.25) is 5.02 Å². The fraction of sp³-hybridized carbons (Fsp3) is 0.500. The highest BCUT2D eigenvalue weighted by Gasteiger charge is 2.32. The molecule has 1 fully saturated rings. The molecule has 2 unspecified atom stereocenters. The Kier molecular flexibility index (Phi) is 3.37. The molecule has 0 aromatic heterocycles. The van der Waals surface area contributed by atoms with Crippen molar-refractivity contribution in [3.8, 4) is 5.75 Å². The summed E-state index contributed by atoms with van der Waals surface area (Å²) in [5.74, 6) is 0.903. The van der Waals surface area contributed by atoms with Gasteiger partial charge in [-0.05, 0) is 42.5 Å². The third-order valence-electron chi connectivity index (χ3n) is 3.64. The minimum absolute atomic E-state index is 0.174. The summed E-state index contributed by atoms with van der Waals surface area (Å²) in [6.45, 7) is 0.306. The van der Waals surface area contributed by atoms with E-state index < -0.39 is 12.2 Å². The summed E-state index contributed by atoms with van der Waals surface area (Å²) in [7, 11) is 0. The molecule has 2 atom stereocenters. The smallest absolute Gasteiger partial charge is 0.261 e. The Balaban J connectivity index is 1.55. The zero-order chi connectivity index (χ0) is 13.4. The number of hydrogen-bond acceptors (Lipinski definition) is 3. The van der Waals surface area contributed by atoms with Crippen LogP contribution in [-0.4, -0.2) is 29.8 Å². The van der Waals surface area contributed by atoms with Gasteiger partial charge >= 0.3 is 0 Å². The van der Waals surface area contributed by atoms with Gasteiger partial charge < -0.3 is 15.2 Å². The van der Waals surface area contributed by atoms with Crippen molar-refractivity contribution < 1.29 is 14.6 Å². The molecule has 0 saturated heterocycles. The minimum atomic E-state index is -0.514. The van der Waals surface area contributed by atoms with Gasteiger partial charge in [0.1, 0.15) is 5.75 Å². The Hall–Kier alpha value is -1.26. The average Bonchev–Trinajstić information content (AvgIpc) is 3.15. The quantitative estimate of drug-likeness (QED) is 0.880. The van der Waals surface area contributed by atoms with Crippen molar-refractivity contribution in [1.82, 2.24) is 5.32 Å². The van der Waals surface area contributed by atoms with E-state index in [2.05, 4.69) is 5.32 Å². The molecule has 1 aliphatic heterocycles. The number of amides is 1. The van der Waals surface area contributed by atoms with Crippen molar-refractivity contribution in [2.45, 2.75) is 31.5 Å². The van der Waals surface area contributed by atoms with E-state index in [1.165, 1.54) is 0 Å². The molecule has 1 heterocycles. The van der Waals surface area contributed by atoms with Crippen LogP contribution < -0.4 is 10.1 Å². The van der Waals surface area contributed by atoms with Crippen LogP contribution in [0.25, 0.3) is 0 Å². The Labute approximate surface area is 116 Å². The van der Waals surface area contributed by atoms with E-state index in [0.29, 0.717) is 29.7 Å². The van der Waals surface area contributed by atoms with Gasteiger partial charge in [0, 0.05) is 18.0 Å². The van der Waals surface area contributed by atoms with E-state index in [1.807, 2.05) is 6.07 Å². The summed E-state index contributed by atoms with van der Waals surface area (Å²) in [5.41, 5.74) is 0.954. The second kappa shape index (κ2) is 5.02. The predicted octanol–water partition coefficient (Wildman–Crippen LogP) is 1.53. The molecule has 4 nitrogen and oxygen atoms in total. The number of carbonyl (C=O) groups excluding carboxylic acids is 1. The van der Waals surface area contributed by atoms with Crippen LogP contribution in [0.5, 0.6) is 5.75 Å². The highest BCUT2D eigenvalue weighted by atomic mass is 35.5. The van der Waals surface area contributed by atoms with Gasteiger partial charge in [0.05, 0.1) is 6.10 Å². The molecule has 0 bridgehead atoms. The van der Waals surface area contributed by atoms with Gasteiger partial charge in [0.15, 0.2) is 6.10 Å². The zero-order valence-corrected chi connectivity index (χ0v) is 11.2. The van der Waals surface area contributed by atoms with Crippen molar-refractivity contribution in [2.24, 2.45) is 5.92 Å². The molecule has 0 spiro atoms. The molecule has 2 N–H and O–H groups in total. The molecule has 102 valence electrons. The van der Waals surface area contributed by atoms with E-state index in [-0.39, 0.29) is 5.91 Å². The number of benzene rings is 1. The number of rotatable bonds is 4. The number of aliphatic hydroxyl groups is 1. The molecule has 1 aliphatic carbocycles. The van der Waals surface area contributed by atoms with Crippen LogP contribution in [0.3, 0.4) is 0 Å². The molecule has 3 rings (SSSR count). The molecular formula is C14H16ClNO3. The molecule has 5 heteroatoms. The normalized spacial score (nSPS) is 22.5. The lowest BCUT2D eigenvalue weighted by molar-refractivity contribution is -0.127. The van der Waals surface area contributed by atoms with Gasteiger partial charge in [-0.15, -0.1) is 0 Å². The van der Waals surface area contributed by atoms with Gasteiger partial charge in [-0.2, -0.15) is 0 Å². The first kappa shape index (κ1) is 12.8. The van der Waals surface area contributed by atoms with Gasteiger partial charge in [0.25, 0.3) is 5.91 Å². The lowest BCUT2D eigenvalue weighted by Gasteiger charge is -2.14. The van der Waals surface area contributed by atoms with Crippen LogP contribution in [0.4, 0.5) is 0 Å². The number of nitrogens with one attached hydrogen (secondary N) is 1. The molecule has 1 aromatic rings. The SMILES string of the molecule is O=C(NCC(O)C1CC1)C1Cc2cc(Cl)ccc2O1. The van der Waals surface area contributed by atoms with Crippen molar-refractivity contribution in [2.75, 3.05) is 6.54 Å². The molecular weight excluding hydrogens is 266 g/mol. The third-order valence-corrected chi connectivity index (χ3v) is 3.88. The third kappa shape index (κ3) is 2.85. The fourth-order valence-corrected chi connectivity index (χ4v) is 2.52. The van der Waals surface area contributed by atoms with Crippen LogP contribution >= 0.6 is 11.6 Å². The molecule has 1 amide bonds. The van der Waals surface area contributed by atoms with Crippen LogP contribution in [0, 0.1) is 5.92 Å². The number of ether oxygens (including phenoxy) is 1. The summed E-state index contributed by atoms with van der Waals surface area (Å²) < 4.78 is 5.58. The number of hydrogen-bond donors (Lipinski definition) is 2. The monoisotopic (exact) mass is 281 g/mol. The second-order valence-corrected chi connectivity index (χ2v) is 5.65. The molecule has 2 aliphatic rings.